The monoisotopic (exact) mass is 150 g/mol. The van der Waals surface area contributed by atoms with Gasteiger partial charge in [0.1, 0.15) is 11.5 Å². The Kier molecular flexibility index (Phi) is 1.21. The molecule has 0 saturated heterocycles. The van der Waals surface area contributed by atoms with Crippen LogP contribution in [0, 0.1) is 5.41 Å². The molecule has 0 aromatic carbocycles. The number of aryl methyl sites for hydroxylation is 1. The average molecular weight is 150 g/mol. The summed E-state index contributed by atoms with van der Waals surface area (Å²) in [7, 11) is 0. The second-order valence-corrected chi connectivity index (χ2v) is 2.80. The minimum Gasteiger partial charge on any atom is -0.382 e. The number of amidine groups is 1. The predicted molar refractivity (Wildman–Crippen MR) is 41.6 cm³/mol. The lowest BCUT2D eigenvalue weighted by molar-refractivity contribution is 0.861. The van der Waals surface area contributed by atoms with Gasteiger partial charge in [0.2, 0.25) is 0 Å². The van der Waals surface area contributed by atoms with E-state index in [0.29, 0.717) is 5.69 Å². The molecule has 0 spiro atoms. The molecule has 2 rings (SSSR count). The molecule has 0 atom stereocenters. The largest absolute Gasteiger partial charge is 0.382 e. The molecule has 0 unspecified atom stereocenters. The maximum absolute atomic E-state index is 7.22. The summed E-state index contributed by atoms with van der Waals surface area (Å²) in [6.45, 7) is 0. The number of hydrogen-bond donors (Lipinski definition) is 3. The molecule has 1 aromatic heterocycles. The summed E-state index contributed by atoms with van der Waals surface area (Å²) in [5.74, 6) is 0.0735. The number of H-pyrrole nitrogens is 1. The number of nitrogens with zero attached hydrogens (tertiary/aromatic N) is 1. The van der Waals surface area contributed by atoms with Crippen molar-refractivity contribution in [3.63, 3.8) is 0 Å². The molecule has 1 aliphatic carbocycles. The van der Waals surface area contributed by atoms with Crippen LogP contribution in [-0.2, 0) is 12.8 Å². The van der Waals surface area contributed by atoms with Gasteiger partial charge in [0, 0.05) is 11.3 Å². The Labute approximate surface area is 64.3 Å². The number of fused-ring (bicyclic) bond motifs is 1. The number of nitrogens with two attached hydrogens (primary N) is 1. The molecule has 0 amide bonds. The van der Waals surface area contributed by atoms with Crippen molar-refractivity contribution in [2.24, 2.45) is 5.73 Å². The Morgan fingerprint density at radius 3 is 3.09 bits per heavy atom. The number of nitrogen functional groups attached to an aromatic ring is 1. The third-order valence-corrected chi connectivity index (χ3v) is 2.06. The van der Waals surface area contributed by atoms with E-state index in [0.717, 1.165) is 30.5 Å². The van der Waals surface area contributed by atoms with Crippen molar-refractivity contribution in [1.29, 1.82) is 5.41 Å². The van der Waals surface area contributed by atoms with Gasteiger partial charge in [-0.1, -0.05) is 0 Å². The quantitative estimate of drug-likeness (QED) is 0.394. The van der Waals surface area contributed by atoms with Crippen LogP contribution in [0.1, 0.15) is 23.4 Å². The Hall–Kier alpha value is -1.32. The van der Waals surface area contributed by atoms with E-state index in [4.69, 9.17) is 11.1 Å². The standard InChI is InChI=1S/C7H10N4/c8-7(9)6-4-2-1-3-5(4)10-11-6/h1-3H2,(H3,8,9)(H,10,11). The minimum atomic E-state index is 0.0735. The molecule has 4 nitrogen and oxygen atoms in total. The van der Waals surface area contributed by atoms with Crippen LogP contribution in [0.15, 0.2) is 0 Å². The van der Waals surface area contributed by atoms with Crippen molar-refractivity contribution in [3.05, 3.63) is 17.0 Å². The Morgan fingerprint density at radius 2 is 2.36 bits per heavy atom. The normalized spacial score (nSPS) is 14.9. The van der Waals surface area contributed by atoms with Gasteiger partial charge < -0.3 is 5.73 Å². The van der Waals surface area contributed by atoms with E-state index in [9.17, 15) is 0 Å². The summed E-state index contributed by atoms with van der Waals surface area (Å²) < 4.78 is 0. The van der Waals surface area contributed by atoms with Crippen LogP contribution in [-0.4, -0.2) is 16.0 Å². The van der Waals surface area contributed by atoms with Gasteiger partial charge >= 0.3 is 0 Å². The van der Waals surface area contributed by atoms with Gasteiger partial charge in [-0.25, -0.2) is 0 Å². The lowest BCUT2D eigenvalue weighted by atomic mass is 10.2. The third-order valence-electron chi connectivity index (χ3n) is 2.06. The van der Waals surface area contributed by atoms with Crippen molar-refractivity contribution >= 4 is 5.84 Å². The highest BCUT2D eigenvalue weighted by molar-refractivity contribution is 5.94. The second-order valence-electron chi connectivity index (χ2n) is 2.80. The summed E-state index contributed by atoms with van der Waals surface area (Å²) in [6.07, 6.45) is 3.22. The molecule has 58 valence electrons. The molecular formula is C7H10N4. The number of nitrogens with one attached hydrogen (secondary N) is 2. The maximum atomic E-state index is 7.22. The Morgan fingerprint density at radius 1 is 1.55 bits per heavy atom. The highest BCUT2D eigenvalue weighted by atomic mass is 15.1. The first-order valence-electron chi connectivity index (χ1n) is 3.69. The van der Waals surface area contributed by atoms with Gasteiger partial charge in [0.15, 0.2) is 0 Å². The molecule has 0 saturated carbocycles. The van der Waals surface area contributed by atoms with Crippen LogP contribution in [0.4, 0.5) is 0 Å². The summed E-state index contributed by atoms with van der Waals surface area (Å²) in [6, 6.07) is 0. The summed E-state index contributed by atoms with van der Waals surface area (Å²) in [5, 5.41) is 14.1. The van der Waals surface area contributed by atoms with Crippen molar-refractivity contribution in [2.45, 2.75) is 19.3 Å². The molecule has 0 bridgehead atoms. The molecule has 4 N–H and O–H groups in total. The smallest absolute Gasteiger partial charge is 0.144 e. The summed E-state index contributed by atoms with van der Waals surface area (Å²) in [4.78, 5) is 0. The van der Waals surface area contributed by atoms with Crippen LogP contribution in [0.5, 0.6) is 0 Å². The fourth-order valence-corrected chi connectivity index (χ4v) is 1.54. The zero-order chi connectivity index (χ0) is 7.84. The first-order valence-corrected chi connectivity index (χ1v) is 3.69. The van der Waals surface area contributed by atoms with Gasteiger partial charge in [-0.3, -0.25) is 10.5 Å². The van der Waals surface area contributed by atoms with E-state index in [1.54, 1.807) is 0 Å². The topological polar surface area (TPSA) is 78.6 Å². The van der Waals surface area contributed by atoms with E-state index in [-0.39, 0.29) is 5.84 Å². The van der Waals surface area contributed by atoms with E-state index < -0.39 is 0 Å². The first-order chi connectivity index (χ1) is 5.29. The van der Waals surface area contributed by atoms with Crippen molar-refractivity contribution < 1.29 is 0 Å². The molecule has 0 fully saturated rings. The Balaban J connectivity index is 2.50. The molecule has 4 heteroatoms. The highest BCUT2D eigenvalue weighted by Crippen LogP contribution is 2.21. The van der Waals surface area contributed by atoms with Gasteiger partial charge in [-0.2, -0.15) is 5.10 Å². The summed E-state index contributed by atoms with van der Waals surface area (Å²) >= 11 is 0. The average Bonchev–Trinajstić information content (AvgIpc) is 2.41. The van der Waals surface area contributed by atoms with Crippen molar-refractivity contribution in [1.82, 2.24) is 10.2 Å². The van der Waals surface area contributed by atoms with E-state index in [1.807, 2.05) is 0 Å². The SMILES string of the molecule is N=C(N)c1n[nH]c2c1CCC2. The molecule has 0 aliphatic heterocycles. The van der Waals surface area contributed by atoms with Crippen LogP contribution in [0.3, 0.4) is 0 Å². The molecule has 0 radical (unpaired) electrons. The van der Waals surface area contributed by atoms with Gasteiger partial charge in [-0.15, -0.1) is 0 Å². The van der Waals surface area contributed by atoms with Crippen LogP contribution in [0.25, 0.3) is 0 Å². The zero-order valence-corrected chi connectivity index (χ0v) is 6.15. The van der Waals surface area contributed by atoms with Crippen molar-refractivity contribution in [2.75, 3.05) is 0 Å². The number of aromatic amines is 1. The van der Waals surface area contributed by atoms with E-state index in [2.05, 4.69) is 10.2 Å². The fraction of sp³-hybridized carbons (Fsp3) is 0.429. The molecule has 1 aromatic rings. The van der Waals surface area contributed by atoms with E-state index in [1.165, 1.54) is 0 Å². The van der Waals surface area contributed by atoms with Gasteiger partial charge in [0.25, 0.3) is 0 Å². The number of aromatic nitrogens is 2. The van der Waals surface area contributed by atoms with Gasteiger partial charge in [0.05, 0.1) is 0 Å². The zero-order valence-electron chi connectivity index (χ0n) is 6.15. The minimum absolute atomic E-state index is 0.0735. The summed E-state index contributed by atoms with van der Waals surface area (Å²) in [5.41, 5.74) is 8.30. The maximum Gasteiger partial charge on any atom is 0.144 e. The van der Waals surface area contributed by atoms with Crippen LogP contribution >= 0.6 is 0 Å². The first kappa shape index (κ1) is 6.39. The molecule has 1 heterocycles. The predicted octanol–water partition coefficient (Wildman–Crippen LogP) is 0.182. The van der Waals surface area contributed by atoms with Crippen LogP contribution in [0.2, 0.25) is 0 Å². The van der Waals surface area contributed by atoms with E-state index >= 15 is 0 Å². The molecular weight excluding hydrogens is 140 g/mol. The Bertz CT molecular complexity index is 299. The van der Waals surface area contributed by atoms with Gasteiger partial charge in [-0.05, 0) is 19.3 Å². The third kappa shape index (κ3) is 0.824. The molecule has 1 aliphatic rings. The molecule has 11 heavy (non-hydrogen) atoms. The fourth-order valence-electron chi connectivity index (χ4n) is 1.54. The number of hydrogen-bond acceptors (Lipinski definition) is 2. The van der Waals surface area contributed by atoms with Crippen LogP contribution < -0.4 is 5.73 Å². The number of rotatable bonds is 1. The second kappa shape index (κ2) is 2.08. The lowest BCUT2D eigenvalue weighted by Crippen LogP contribution is -2.13. The highest BCUT2D eigenvalue weighted by Gasteiger charge is 2.19. The lowest BCUT2D eigenvalue weighted by Gasteiger charge is -1.92. The van der Waals surface area contributed by atoms with Crippen molar-refractivity contribution in [3.8, 4) is 0 Å².